The first-order valence-corrected chi connectivity index (χ1v) is 11.4. The summed E-state index contributed by atoms with van der Waals surface area (Å²) >= 11 is 0. The van der Waals surface area contributed by atoms with E-state index in [2.05, 4.69) is 5.32 Å². The van der Waals surface area contributed by atoms with Crippen LogP contribution in [0.1, 0.15) is 48.4 Å². The van der Waals surface area contributed by atoms with Crippen LogP contribution in [0.15, 0.2) is 48.5 Å². The second kappa shape index (κ2) is 9.33. The highest BCUT2D eigenvalue weighted by molar-refractivity contribution is 5.82. The van der Waals surface area contributed by atoms with Gasteiger partial charge in [-0.05, 0) is 49.1 Å². The highest BCUT2D eigenvalue weighted by Crippen LogP contribution is 2.51. The molecule has 2 aromatic rings. The number of ether oxygens (including phenoxy) is 2. The Morgan fingerprint density at radius 3 is 2.17 bits per heavy atom. The number of nitrogens with one attached hydrogen (secondary N) is 1. The van der Waals surface area contributed by atoms with E-state index in [4.69, 9.17) is 9.47 Å². The fraction of sp³-hybridized carbons (Fsp3) is 0.480. The first-order valence-electron chi connectivity index (χ1n) is 11.4. The number of fused-ring (bicyclic) bond motifs is 2. The Labute approximate surface area is 202 Å². The van der Waals surface area contributed by atoms with E-state index in [1.165, 1.54) is 0 Å². The van der Waals surface area contributed by atoms with Crippen LogP contribution in [-0.4, -0.2) is 30.4 Å². The van der Waals surface area contributed by atoms with Gasteiger partial charge in [0.15, 0.2) is 0 Å². The SMILES string of the molecule is CCOC(=O)C1(F)CC2(c3ccccc3)NC1CCC2OCc1cc(C(F)(F)F)cc(C(F)(F)F)c1. The van der Waals surface area contributed by atoms with Crippen molar-refractivity contribution in [3.63, 3.8) is 0 Å². The Hall–Kier alpha value is -2.66. The van der Waals surface area contributed by atoms with Crippen LogP contribution in [0.25, 0.3) is 0 Å². The van der Waals surface area contributed by atoms with Gasteiger partial charge in [0.1, 0.15) is 0 Å². The van der Waals surface area contributed by atoms with Crippen LogP contribution in [0.2, 0.25) is 0 Å². The van der Waals surface area contributed by atoms with Crippen molar-refractivity contribution in [2.75, 3.05) is 6.61 Å². The predicted octanol–water partition coefficient (Wildman–Crippen LogP) is 5.93. The van der Waals surface area contributed by atoms with Crippen LogP contribution < -0.4 is 5.32 Å². The summed E-state index contributed by atoms with van der Waals surface area (Å²) < 4.78 is 106. The van der Waals surface area contributed by atoms with Gasteiger partial charge in [-0.25, -0.2) is 9.18 Å². The largest absolute Gasteiger partial charge is 0.464 e. The van der Waals surface area contributed by atoms with Gasteiger partial charge in [-0.3, -0.25) is 5.32 Å². The molecule has 196 valence electrons. The van der Waals surface area contributed by atoms with E-state index in [1.807, 2.05) is 0 Å². The Bertz CT molecular complexity index is 1070. The monoisotopic (exact) mass is 519 g/mol. The minimum Gasteiger partial charge on any atom is -0.464 e. The number of piperidine rings is 1. The van der Waals surface area contributed by atoms with Crippen LogP contribution >= 0.6 is 0 Å². The average Bonchev–Trinajstić information content (AvgIpc) is 3.07. The summed E-state index contributed by atoms with van der Waals surface area (Å²) in [7, 11) is 0. The van der Waals surface area contributed by atoms with Gasteiger partial charge >= 0.3 is 18.3 Å². The third kappa shape index (κ3) is 4.82. The normalized spacial score (nSPS) is 28.2. The Morgan fingerprint density at radius 1 is 1.00 bits per heavy atom. The van der Waals surface area contributed by atoms with Crippen LogP contribution in [-0.2, 0) is 38.8 Å². The molecule has 2 fully saturated rings. The lowest BCUT2D eigenvalue weighted by atomic mass is 9.79. The molecule has 2 aliphatic heterocycles. The van der Waals surface area contributed by atoms with Gasteiger partial charge in [0.05, 0.1) is 42.0 Å². The van der Waals surface area contributed by atoms with E-state index in [0.717, 1.165) is 0 Å². The maximum atomic E-state index is 16.0. The van der Waals surface area contributed by atoms with E-state index in [9.17, 15) is 31.1 Å². The van der Waals surface area contributed by atoms with Crippen LogP contribution in [0.4, 0.5) is 30.7 Å². The highest BCUT2D eigenvalue weighted by atomic mass is 19.4. The molecule has 4 unspecified atom stereocenters. The molecule has 0 saturated carbocycles. The van der Waals surface area contributed by atoms with Crippen molar-refractivity contribution in [1.29, 1.82) is 0 Å². The molecule has 0 aliphatic carbocycles. The molecule has 0 amide bonds. The van der Waals surface area contributed by atoms with E-state index in [-0.39, 0.29) is 37.5 Å². The summed E-state index contributed by atoms with van der Waals surface area (Å²) in [4.78, 5) is 12.5. The molecule has 4 rings (SSSR count). The minimum absolute atomic E-state index is 0.0213. The van der Waals surface area contributed by atoms with Gasteiger partial charge in [0, 0.05) is 6.42 Å². The fourth-order valence-electron chi connectivity index (χ4n) is 5.17. The van der Waals surface area contributed by atoms with E-state index >= 15 is 4.39 Å². The Balaban J connectivity index is 1.67. The third-order valence-corrected chi connectivity index (χ3v) is 6.79. The average molecular weight is 519 g/mol. The van der Waals surface area contributed by atoms with Crippen molar-refractivity contribution in [2.24, 2.45) is 0 Å². The first kappa shape index (κ1) is 26.4. The fourth-order valence-corrected chi connectivity index (χ4v) is 5.17. The van der Waals surface area contributed by atoms with Crippen molar-refractivity contribution in [3.05, 3.63) is 70.8 Å². The number of carbonyl (C=O) groups excluding carboxylic acids is 1. The zero-order valence-electron chi connectivity index (χ0n) is 19.2. The molecule has 2 aromatic carbocycles. The third-order valence-electron chi connectivity index (χ3n) is 6.79. The summed E-state index contributed by atoms with van der Waals surface area (Å²) in [6.45, 7) is 0.961. The Kier molecular flexibility index (Phi) is 6.85. The maximum absolute atomic E-state index is 16.0. The standard InChI is InChI=1S/C25H24F7NO3/c1-2-35-21(34)22(26)14-23(16-6-4-3-5-7-16)20(9-8-19(22)33-23)36-13-15-10-17(24(27,28)29)12-18(11-15)25(30,31)32/h3-7,10-12,19-20,33H,2,8-9,13-14H2,1H3. The molecule has 2 aliphatic rings. The number of halogens is 7. The quantitative estimate of drug-likeness (QED) is 0.380. The molecule has 0 aromatic heterocycles. The number of rotatable bonds is 6. The molecule has 11 heteroatoms. The molecule has 36 heavy (non-hydrogen) atoms. The summed E-state index contributed by atoms with van der Waals surface area (Å²) in [6, 6.07) is 8.93. The molecule has 0 spiro atoms. The summed E-state index contributed by atoms with van der Waals surface area (Å²) in [5.74, 6) is -1.02. The minimum atomic E-state index is -4.99. The number of alkyl halides is 7. The molecule has 2 saturated heterocycles. The molecular weight excluding hydrogens is 495 g/mol. The van der Waals surface area contributed by atoms with Crippen molar-refractivity contribution in [3.8, 4) is 0 Å². The van der Waals surface area contributed by atoms with Crippen molar-refractivity contribution in [1.82, 2.24) is 5.32 Å². The van der Waals surface area contributed by atoms with Gasteiger partial charge < -0.3 is 9.47 Å². The van der Waals surface area contributed by atoms with Gasteiger partial charge in [-0.1, -0.05) is 30.3 Å². The number of hydrogen-bond acceptors (Lipinski definition) is 4. The molecule has 0 radical (unpaired) electrons. The summed E-state index contributed by atoms with van der Waals surface area (Å²) in [5, 5.41) is 3.15. The van der Waals surface area contributed by atoms with Gasteiger partial charge in [0.2, 0.25) is 5.67 Å². The van der Waals surface area contributed by atoms with Crippen LogP contribution in [0.3, 0.4) is 0 Å². The lowest BCUT2D eigenvalue weighted by Gasteiger charge is -2.42. The molecule has 2 bridgehead atoms. The van der Waals surface area contributed by atoms with E-state index in [0.29, 0.717) is 17.7 Å². The number of carbonyl (C=O) groups is 1. The van der Waals surface area contributed by atoms with Crippen molar-refractivity contribution in [2.45, 2.75) is 68.5 Å². The molecule has 4 nitrogen and oxygen atoms in total. The smallest absolute Gasteiger partial charge is 0.416 e. The molecular formula is C25H24F7NO3. The number of hydrogen-bond donors (Lipinski definition) is 1. The topological polar surface area (TPSA) is 47.6 Å². The number of benzene rings is 2. The maximum Gasteiger partial charge on any atom is 0.416 e. The second-order valence-electron chi connectivity index (χ2n) is 9.09. The van der Waals surface area contributed by atoms with Gasteiger partial charge in [-0.2, -0.15) is 26.3 Å². The summed E-state index contributed by atoms with van der Waals surface area (Å²) in [6.07, 6.45) is -10.8. The highest BCUT2D eigenvalue weighted by Gasteiger charge is 2.65. The molecule has 1 N–H and O–H groups in total. The zero-order chi connectivity index (χ0) is 26.4. The second-order valence-corrected chi connectivity index (χ2v) is 9.09. The van der Waals surface area contributed by atoms with Crippen molar-refractivity contribution < 1.29 is 45.0 Å². The summed E-state index contributed by atoms with van der Waals surface area (Å²) in [5.41, 5.74) is -6.23. The molecule has 4 atom stereocenters. The van der Waals surface area contributed by atoms with Gasteiger partial charge in [-0.15, -0.1) is 0 Å². The lowest BCUT2D eigenvalue weighted by molar-refractivity contribution is -0.158. The lowest BCUT2D eigenvalue weighted by Crippen LogP contribution is -2.55. The van der Waals surface area contributed by atoms with Crippen LogP contribution in [0, 0.1) is 0 Å². The Morgan fingerprint density at radius 2 is 1.61 bits per heavy atom. The van der Waals surface area contributed by atoms with Gasteiger partial charge in [0.25, 0.3) is 0 Å². The van der Waals surface area contributed by atoms with Crippen LogP contribution in [0.5, 0.6) is 0 Å². The zero-order valence-corrected chi connectivity index (χ0v) is 19.2. The van der Waals surface area contributed by atoms with E-state index < -0.39 is 59.4 Å². The molecule has 2 heterocycles. The van der Waals surface area contributed by atoms with Crippen molar-refractivity contribution >= 4 is 5.97 Å². The van der Waals surface area contributed by atoms with E-state index in [1.54, 1.807) is 37.3 Å². The predicted molar refractivity (Wildman–Crippen MR) is 114 cm³/mol. The first-order chi connectivity index (χ1) is 16.8. The number of esters is 1.